The SMILES string of the molecule is Cc1ccc(-c2csc3ncn(CC(=O)NCC(C)C)c(=O)c23)cc1C. The number of amides is 1. The smallest absolute Gasteiger partial charge is 0.263 e. The highest BCUT2D eigenvalue weighted by Gasteiger charge is 2.15. The lowest BCUT2D eigenvalue weighted by Crippen LogP contribution is -2.34. The molecule has 1 N–H and O–H groups in total. The number of aryl methyl sites for hydroxylation is 2. The number of aromatic nitrogens is 2. The maximum Gasteiger partial charge on any atom is 0.263 e. The van der Waals surface area contributed by atoms with Gasteiger partial charge in [-0.25, -0.2) is 4.98 Å². The predicted molar refractivity (Wildman–Crippen MR) is 107 cm³/mol. The lowest BCUT2D eigenvalue weighted by atomic mass is 10.0. The normalized spacial score (nSPS) is 11.3. The minimum absolute atomic E-state index is 0.0172. The second-order valence-electron chi connectivity index (χ2n) is 7.00. The summed E-state index contributed by atoms with van der Waals surface area (Å²) in [6, 6.07) is 6.17. The molecule has 0 fully saturated rings. The molecule has 2 aromatic heterocycles. The summed E-state index contributed by atoms with van der Waals surface area (Å²) < 4.78 is 1.38. The fourth-order valence-corrected chi connectivity index (χ4v) is 3.64. The van der Waals surface area contributed by atoms with Crippen molar-refractivity contribution >= 4 is 27.5 Å². The maximum atomic E-state index is 13.0. The summed E-state index contributed by atoms with van der Waals surface area (Å²) in [6.45, 7) is 8.76. The van der Waals surface area contributed by atoms with Crippen LogP contribution in [0.4, 0.5) is 0 Å². The van der Waals surface area contributed by atoms with Crippen LogP contribution in [-0.2, 0) is 11.3 Å². The van der Waals surface area contributed by atoms with Gasteiger partial charge in [0, 0.05) is 17.5 Å². The van der Waals surface area contributed by atoms with Gasteiger partial charge in [-0.15, -0.1) is 11.3 Å². The van der Waals surface area contributed by atoms with Crippen molar-refractivity contribution in [3.63, 3.8) is 0 Å². The van der Waals surface area contributed by atoms with Crippen molar-refractivity contribution in [3.8, 4) is 11.1 Å². The largest absolute Gasteiger partial charge is 0.354 e. The van der Waals surface area contributed by atoms with Gasteiger partial charge in [0.2, 0.25) is 5.91 Å². The van der Waals surface area contributed by atoms with E-state index < -0.39 is 0 Å². The molecule has 26 heavy (non-hydrogen) atoms. The van der Waals surface area contributed by atoms with Crippen LogP contribution in [0.5, 0.6) is 0 Å². The molecule has 6 heteroatoms. The van der Waals surface area contributed by atoms with Crippen molar-refractivity contribution in [2.75, 3.05) is 6.54 Å². The third-order valence-corrected chi connectivity index (χ3v) is 5.29. The average molecular weight is 369 g/mol. The molecule has 1 aromatic carbocycles. The molecule has 0 saturated heterocycles. The van der Waals surface area contributed by atoms with E-state index in [1.54, 1.807) is 0 Å². The molecule has 0 atom stereocenters. The highest BCUT2D eigenvalue weighted by molar-refractivity contribution is 7.17. The molecule has 3 aromatic rings. The summed E-state index contributed by atoms with van der Waals surface area (Å²) >= 11 is 1.45. The lowest BCUT2D eigenvalue weighted by molar-refractivity contribution is -0.121. The zero-order valence-corrected chi connectivity index (χ0v) is 16.3. The topological polar surface area (TPSA) is 64.0 Å². The second-order valence-corrected chi connectivity index (χ2v) is 7.86. The van der Waals surface area contributed by atoms with E-state index in [2.05, 4.69) is 36.3 Å². The molecule has 2 heterocycles. The minimum Gasteiger partial charge on any atom is -0.354 e. The Morgan fingerprint density at radius 2 is 2.04 bits per heavy atom. The third kappa shape index (κ3) is 3.70. The van der Waals surface area contributed by atoms with E-state index in [1.165, 1.54) is 33.4 Å². The molecule has 0 radical (unpaired) electrons. The molecule has 1 amide bonds. The zero-order chi connectivity index (χ0) is 18.8. The first kappa shape index (κ1) is 18.3. The van der Waals surface area contributed by atoms with Gasteiger partial charge in [0.25, 0.3) is 5.56 Å². The van der Waals surface area contributed by atoms with Crippen molar-refractivity contribution in [1.29, 1.82) is 0 Å². The van der Waals surface area contributed by atoms with Crippen LogP contribution in [0.15, 0.2) is 34.7 Å². The Morgan fingerprint density at radius 3 is 2.73 bits per heavy atom. The Bertz CT molecular complexity index is 1020. The molecule has 0 saturated carbocycles. The Balaban J connectivity index is 1.99. The van der Waals surface area contributed by atoms with Crippen LogP contribution < -0.4 is 10.9 Å². The third-order valence-electron chi connectivity index (χ3n) is 4.40. The van der Waals surface area contributed by atoms with Crippen LogP contribution in [0.2, 0.25) is 0 Å². The van der Waals surface area contributed by atoms with Crippen molar-refractivity contribution in [3.05, 3.63) is 51.4 Å². The van der Waals surface area contributed by atoms with Crippen LogP contribution in [0.3, 0.4) is 0 Å². The lowest BCUT2D eigenvalue weighted by Gasteiger charge is -2.09. The van der Waals surface area contributed by atoms with Gasteiger partial charge in [-0.1, -0.05) is 32.0 Å². The summed E-state index contributed by atoms with van der Waals surface area (Å²) in [5.74, 6) is 0.189. The number of carbonyl (C=O) groups is 1. The number of thiophene rings is 1. The van der Waals surface area contributed by atoms with E-state index in [-0.39, 0.29) is 18.0 Å². The zero-order valence-electron chi connectivity index (χ0n) is 15.5. The van der Waals surface area contributed by atoms with Crippen molar-refractivity contribution in [2.24, 2.45) is 5.92 Å². The van der Waals surface area contributed by atoms with Crippen molar-refractivity contribution < 1.29 is 4.79 Å². The van der Waals surface area contributed by atoms with Gasteiger partial charge in [0.1, 0.15) is 11.4 Å². The monoisotopic (exact) mass is 369 g/mol. The molecule has 0 aliphatic rings. The molecule has 0 aliphatic heterocycles. The molecule has 0 bridgehead atoms. The number of benzene rings is 1. The van der Waals surface area contributed by atoms with Crippen molar-refractivity contribution in [2.45, 2.75) is 34.2 Å². The van der Waals surface area contributed by atoms with Gasteiger partial charge in [-0.3, -0.25) is 14.2 Å². The number of carbonyl (C=O) groups excluding carboxylic acids is 1. The van der Waals surface area contributed by atoms with Crippen LogP contribution in [0.1, 0.15) is 25.0 Å². The van der Waals surface area contributed by atoms with Gasteiger partial charge >= 0.3 is 0 Å². The number of fused-ring (bicyclic) bond motifs is 1. The van der Waals surface area contributed by atoms with E-state index in [9.17, 15) is 9.59 Å². The molecule has 5 nitrogen and oxygen atoms in total. The summed E-state index contributed by atoms with van der Waals surface area (Å²) in [7, 11) is 0. The summed E-state index contributed by atoms with van der Waals surface area (Å²) in [5, 5.41) is 5.38. The molecule has 3 rings (SSSR count). The first-order chi connectivity index (χ1) is 12.4. The number of nitrogens with one attached hydrogen (secondary N) is 1. The van der Waals surface area contributed by atoms with E-state index in [0.29, 0.717) is 22.7 Å². The number of rotatable bonds is 5. The minimum atomic E-state index is -0.177. The maximum absolute atomic E-state index is 13.0. The van der Waals surface area contributed by atoms with Crippen LogP contribution in [0, 0.1) is 19.8 Å². The van der Waals surface area contributed by atoms with Gasteiger partial charge in [0.05, 0.1) is 11.7 Å². The first-order valence-corrected chi connectivity index (χ1v) is 9.55. The molecule has 0 aliphatic carbocycles. The first-order valence-electron chi connectivity index (χ1n) is 8.67. The molecular weight excluding hydrogens is 346 g/mol. The Kier molecular flexibility index (Phi) is 5.23. The fourth-order valence-electron chi connectivity index (χ4n) is 2.73. The highest BCUT2D eigenvalue weighted by Crippen LogP contribution is 2.31. The quantitative estimate of drug-likeness (QED) is 0.748. The van der Waals surface area contributed by atoms with Crippen LogP contribution in [-0.4, -0.2) is 22.0 Å². The Morgan fingerprint density at radius 1 is 1.27 bits per heavy atom. The van der Waals surface area contributed by atoms with E-state index in [1.807, 2.05) is 25.3 Å². The Labute approximate surface area is 156 Å². The van der Waals surface area contributed by atoms with E-state index >= 15 is 0 Å². The van der Waals surface area contributed by atoms with Gasteiger partial charge in [-0.2, -0.15) is 0 Å². The molecular formula is C20H23N3O2S. The average Bonchev–Trinajstić information content (AvgIpc) is 3.03. The fraction of sp³-hybridized carbons (Fsp3) is 0.350. The molecule has 0 unspecified atom stereocenters. The number of hydrogen-bond acceptors (Lipinski definition) is 4. The highest BCUT2D eigenvalue weighted by atomic mass is 32.1. The van der Waals surface area contributed by atoms with Gasteiger partial charge in [-0.05, 0) is 36.5 Å². The predicted octanol–water partition coefficient (Wildman–Crippen LogP) is 3.51. The summed E-state index contributed by atoms with van der Waals surface area (Å²) in [4.78, 5) is 30.1. The second kappa shape index (κ2) is 7.41. The molecule has 136 valence electrons. The summed E-state index contributed by atoms with van der Waals surface area (Å²) in [5.41, 5.74) is 4.09. The van der Waals surface area contributed by atoms with Gasteiger partial charge in [0.15, 0.2) is 0 Å². The van der Waals surface area contributed by atoms with Crippen LogP contribution in [0.25, 0.3) is 21.3 Å². The van der Waals surface area contributed by atoms with Gasteiger partial charge < -0.3 is 5.32 Å². The number of nitrogens with zero attached hydrogens (tertiary/aromatic N) is 2. The van der Waals surface area contributed by atoms with Crippen molar-refractivity contribution in [1.82, 2.24) is 14.9 Å². The van der Waals surface area contributed by atoms with E-state index in [0.717, 1.165) is 11.1 Å². The number of hydrogen-bond donors (Lipinski definition) is 1. The van der Waals surface area contributed by atoms with Crippen LogP contribution >= 0.6 is 11.3 Å². The van der Waals surface area contributed by atoms with E-state index in [4.69, 9.17) is 0 Å². The molecule has 0 spiro atoms. The summed E-state index contributed by atoms with van der Waals surface area (Å²) in [6.07, 6.45) is 1.46. The standard InChI is InChI=1S/C20H23N3O2S/c1-12(2)8-21-17(24)9-23-11-22-19-18(20(23)25)16(10-26-19)15-6-5-13(3)14(4)7-15/h5-7,10-12H,8-9H2,1-4H3,(H,21,24). The Hall–Kier alpha value is -2.47.